The van der Waals surface area contributed by atoms with Crippen LogP contribution < -0.4 is 14.6 Å². The number of nitrogens with zero attached hydrogens (tertiary/aromatic N) is 2. The van der Waals surface area contributed by atoms with E-state index in [9.17, 15) is 8.42 Å². The number of ether oxygens (including phenoxy) is 2. The van der Waals surface area contributed by atoms with Crippen LogP contribution in [0.15, 0.2) is 59.8 Å². The summed E-state index contributed by atoms with van der Waals surface area (Å²) in [7, 11) is -3.69. The molecule has 0 spiro atoms. The van der Waals surface area contributed by atoms with Crippen molar-refractivity contribution in [3.05, 3.63) is 60.4 Å². The Balaban J connectivity index is 1.61. The molecule has 2 heterocycles. The van der Waals surface area contributed by atoms with Crippen LogP contribution >= 0.6 is 0 Å². The van der Waals surface area contributed by atoms with E-state index in [-0.39, 0.29) is 4.90 Å². The van der Waals surface area contributed by atoms with Crippen molar-refractivity contribution in [1.82, 2.24) is 9.55 Å². The van der Waals surface area contributed by atoms with Crippen molar-refractivity contribution in [2.24, 2.45) is 5.14 Å². The van der Waals surface area contributed by atoms with Crippen LogP contribution in [0.5, 0.6) is 11.5 Å². The first-order valence-electron chi connectivity index (χ1n) is 8.03. The molecule has 2 N–H and O–H groups in total. The van der Waals surface area contributed by atoms with Crippen LogP contribution in [-0.4, -0.2) is 31.2 Å². The number of benzene rings is 2. The summed E-state index contributed by atoms with van der Waals surface area (Å²) in [4.78, 5) is 4.54. The third-order valence-electron chi connectivity index (χ3n) is 4.12. The molecule has 3 aromatic rings. The second-order valence-corrected chi connectivity index (χ2v) is 7.49. The van der Waals surface area contributed by atoms with Crippen LogP contribution in [0.2, 0.25) is 0 Å². The van der Waals surface area contributed by atoms with Crippen LogP contribution in [0.1, 0.15) is 5.56 Å². The summed E-state index contributed by atoms with van der Waals surface area (Å²) in [6, 6.07) is 12.2. The van der Waals surface area contributed by atoms with E-state index >= 15 is 0 Å². The standard InChI is InChI=1S/C18H17N3O4S/c19-26(22,23)15-4-1-13(2-5-15)12-21-8-7-20-18(21)14-3-6-16-17(11-14)25-10-9-24-16/h1-8,11H,9-10,12H2,(H2,19,22,23). The maximum Gasteiger partial charge on any atom is 0.238 e. The van der Waals surface area contributed by atoms with Gasteiger partial charge < -0.3 is 14.0 Å². The van der Waals surface area contributed by atoms with E-state index in [0.29, 0.717) is 25.5 Å². The monoisotopic (exact) mass is 371 g/mol. The Labute approximate surface area is 151 Å². The molecule has 8 heteroatoms. The van der Waals surface area contributed by atoms with E-state index in [4.69, 9.17) is 14.6 Å². The van der Waals surface area contributed by atoms with Gasteiger partial charge in [0.1, 0.15) is 19.0 Å². The highest BCUT2D eigenvalue weighted by Crippen LogP contribution is 2.34. The minimum absolute atomic E-state index is 0.0962. The van der Waals surface area contributed by atoms with E-state index in [1.54, 1.807) is 18.3 Å². The molecule has 7 nitrogen and oxygen atoms in total. The highest BCUT2D eigenvalue weighted by Gasteiger charge is 2.15. The van der Waals surface area contributed by atoms with Crippen LogP contribution in [0, 0.1) is 0 Å². The zero-order valence-electron chi connectivity index (χ0n) is 13.8. The van der Waals surface area contributed by atoms with Crippen molar-refractivity contribution in [3.8, 4) is 22.9 Å². The zero-order valence-corrected chi connectivity index (χ0v) is 14.6. The molecule has 0 unspecified atom stereocenters. The predicted molar refractivity (Wildman–Crippen MR) is 95.6 cm³/mol. The molecule has 1 aliphatic rings. The normalized spacial score (nSPS) is 13.6. The number of hydrogen-bond donors (Lipinski definition) is 1. The third-order valence-corrected chi connectivity index (χ3v) is 5.05. The van der Waals surface area contributed by atoms with Crippen LogP contribution in [0.3, 0.4) is 0 Å². The highest BCUT2D eigenvalue weighted by molar-refractivity contribution is 7.89. The number of primary sulfonamides is 1. The van der Waals surface area contributed by atoms with E-state index in [2.05, 4.69) is 4.98 Å². The van der Waals surface area contributed by atoms with E-state index in [1.807, 2.05) is 29.0 Å². The first kappa shape index (κ1) is 16.6. The molecule has 0 aliphatic carbocycles. The summed E-state index contributed by atoms with van der Waals surface area (Å²) in [6.07, 6.45) is 3.60. The van der Waals surface area contributed by atoms with E-state index < -0.39 is 10.0 Å². The van der Waals surface area contributed by atoms with Gasteiger partial charge in [0.2, 0.25) is 10.0 Å². The Bertz CT molecular complexity index is 1040. The second-order valence-electron chi connectivity index (χ2n) is 5.93. The van der Waals surface area contributed by atoms with Gasteiger partial charge in [0.25, 0.3) is 0 Å². The molecule has 26 heavy (non-hydrogen) atoms. The van der Waals surface area contributed by atoms with Crippen molar-refractivity contribution in [2.75, 3.05) is 13.2 Å². The van der Waals surface area contributed by atoms with Gasteiger partial charge in [0, 0.05) is 24.5 Å². The molecular weight excluding hydrogens is 354 g/mol. The fourth-order valence-corrected chi connectivity index (χ4v) is 3.38. The van der Waals surface area contributed by atoms with Gasteiger partial charge in [-0.1, -0.05) is 12.1 Å². The Morgan fingerprint density at radius 1 is 1.04 bits per heavy atom. The lowest BCUT2D eigenvalue weighted by Crippen LogP contribution is -2.15. The Hall–Kier alpha value is -2.84. The average molecular weight is 371 g/mol. The van der Waals surface area contributed by atoms with Crippen molar-refractivity contribution < 1.29 is 17.9 Å². The number of imidazole rings is 1. The quantitative estimate of drug-likeness (QED) is 0.757. The number of hydrogen-bond acceptors (Lipinski definition) is 5. The Morgan fingerprint density at radius 2 is 1.77 bits per heavy atom. The lowest BCUT2D eigenvalue weighted by atomic mass is 10.1. The highest BCUT2D eigenvalue weighted by atomic mass is 32.2. The van der Waals surface area contributed by atoms with Crippen LogP contribution in [-0.2, 0) is 16.6 Å². The average Bonchev–Trinajstić information content (AvgIpc) is 3.09. The maximum atomic E-state index is 11.4. The smallest absolute Gasteiger partial charge is 0.238 e. The fourth-order valence-electron chi connectivity index (χ4n) is 2.86. The molecule has 0 atom stereocenters. The molecule has 0 radical (unpaired) electrons. The van der Waals surface area contributed by atoms with Gasteiger partial charge in [0.05, 0.1) is 4.90 Å². The predicted octanol–water partition coefficient (Wildman–Crippen LogP) is 2.02. The lowest BCUT2D eigenvalue weighted by molar-refractivity contribution is 0.171. The molecule has 0 saturated carbocycles. The number of rotatable bonds is 4. The molecule has 2 aromatic carbocycles. The Morgan fingerprint density at radius 3 is 2.50 bits per heavy atom. The third kappa shape index (κ3) is 3.29. The largest absolute Gasteiger partial charge is 0.486 e. The maximum absolute atomic E-state index is 11.4. The van der Waals surface area contributed by atoms with Crippen molar-refractivity contribution in [1.29, 1.82) is 0 Å². The second kappa shape index (κ2) is 6.47. The first-order valence-corrected chi connectivity index (χ1v) is 9.58. The summed E-state index contributed by atoms with van der Waals surface area (Å²) in [5.74, 6) is 2.23. The van der Waals surface area contributed by atoms with Gasteiger partial charge in [0.15, 0.2) is 11.5 Å². The number of fused-ring (bicyclic) bond motifs is 1. The number of sulfonamides is 1. The molecule has 134 valence electrons. The SMILES string of the molecule is NS(=O)(=O)c1ccc(Cn2ccnc2-c2ccc3c(c2)OCCO3)cc1. The number of aromatic nitrogens is 2. The minimum atomic E-state index is -3.69. The van der Waals surface area contributed by atoms with E-state index in [1.165, 1.54) is 12.1 Å². The van der Waals surface area contributed by atoms with Crippen LogP contribution in [0.25, 0.3) is 11.4 Å². The molecular formula is C18H17N3O4S. The summed E-state index contributed by atoms with van der Waals surface area (Å²) in [6.45, 7) is 1.63. The molecule has 0 bridgehead atoms. The minimum Gasteiger partial charge on any atom is -0.486 e. The molecule has 0 amide bonds. The lowest BCUT2D eigenvalue weighted by Gasteiger charge is -2.19. The Kier molecular flexibility index (Phi) is 4.14. The summed E-state index contributed by atoms with van der Waals surface area (Å²) >= 11 is 0. The number of nitrogens with two attached hydrogens (primary N) is 1. The van der Waals surface area contributed by atoms with Crippen molar-refractivity contribution in [3.63, 3.8) is 0 Å². The summed E-state index contributed by atoms with van der Waals surface area (Å²) in [5.41, 5.74) is 1.86. The molecule has 1 aromatic heterocycles. The zero-order chi connectivity index (χ0) is 18.1. The van der Waals surface area contributed by atoms with Gasteiger partial charge >= 0.3 is 0 Å². The van der Waals surface area contributed by atoms with Gasteiger partial charge in [-0.15, -0.1) is 0 Å². The van der Waals surface area contributed by atoms with Gasteiger partial charge in [-0.3, -0.25) is 0 Å². The summed E-state index contributed by atoms with van der Waals surface area (Å²) in [5, 5.41) is 5.13. The van der Waals surface area contributed by atoms with Gasteiger partial charge in [-0.25, -0.2) is 18.5 Å². The van der Waals surface area contributed by atoms with Gasteiger partial charge in [-0.2, -0.15) is 0 Å². The molecule has 0 fully saturated rings. The molecule has 4 rings (SSSR count). The van der Waals surface area contributed by atoms with Gasteiger partial charge in [-0.05, 0) is 35.9 Å². The van der Waals surface area contributed by atoms with Crippen molar-refractivity contribution >= 4 is 10.0 Å². The topological polar surface area (TPSA) is 96.4 Å². The first-order chi connectivity index (χ1) is 12.5. The molecule has 1 aliphatic heterocycles. The summed E-state index contributed by atoms with van der Waals surface area (Å²) < 4.78 is 35.9. The van der Waals surface area contributed by atoms with Crippen LogP contribution in [0.4, 0.5) is 0 Å². The van der Waals surface area contributed by atoms with E-state index in [0.717, 1.165) is 22.7 Å². The fraction of sp³-hybridized carbons (Fsp3) is 0.167. The molecule has 0 saturated heterocycles. The van der Waals surface area contributed by atoms with Crippen molar-refractivity contribution in [2.45, 2.75) is 11.4 Å².